The van der Waals surface area contributed by atoms with Gasteiger partial charge in [-0.25, -0.2) is 4.98 Å². The van der Waals surface area contributed by atoms with E-state index >= 15 is 0 Å². The Morgan fingerprint density at radius 1 is 1.00 bits per heavy atom. The topological polar surface area (TPSA) is 17.8 Å². The van der Waals surface area contributed by atoms with Crippen LogP contribution in [0, 0.1) is 0 Å². The Hall–Kier alpha value is -2.61. The third-order valence-corrected chi connectivity index (χ3v) is 3.32. The van der Waals surface area contributed by atoms with Crippen LogP contribution in [0.4, 0.5) is 0 Å². The molecule has 0 bridgehead atoms. The number of rotatable bonds is 4. The van der Waals surface area contributed by atoms with Crippen LogP contribution in [-0.4, -0.2) is 9.55 Å². The maximum Gasteiger partial charge on any atom is 0.140 e. The molecule has 3 rings (SSSR count). The molecule has 0 fully saturated rings. The molecule has 0 aliphatic carbocycles. The highest BCUT2D eigenvalue weighted by molar-refractivity contribution is 5.55. The largest absolute Gasteiger partial charge is 0.327 e. The van der Waals surface area contributed by atoms with Crippen LogP contribution in [0.3, 0.4) is 0 Å². The molecule has 3 aromatic rings. The second kappa shape index (κ2) is 5.57. The van der Waals surface area contributed by atoms with Crippen LogP contribution in [0.1, 0.15) is 11.1 Å². The van der Waals surface area contributed by atoms with Crippen molar-refractivity contribution in [3.63, 3.8) is 0 Å². The predicted octanol–water partition coefficient (Wildman–Crippen LogP) is 4.24. The summed E-state index contributed by atoms with van der Waals surface area (Å²) in [7, 11) is 0. The lowest BCUT2D eigenvalue weighted by molar-refractivity contribution is 0.807. The Kier molecular flexibility index (Phi) is 3.46. The number of aromatic nitrogens is 2. The molecule has 98 valence electrons. The summed E-state index contributed by atoms with van der Waals surface area (Å²) in [5.74, 6) is 0.999. The molecule has 0 saturated heterocycles. The molecular weight excluding hydrogens is 244 g/mol. The monoisotopic (exact) mass is 260 g/mol. The van der Waals surface area contributed by atoms with Crippen molar-refractivity contribution in [3.8, 4) is 11.4 Å². The minimum Gasteiger partial charge on any atom is -0.327 e. The number of benzene rings is 2. The zero-order chi connectivity index (χ0) is 13.8. The van der Waals surface area contributed by atoms with Crippen LogP contribution in [-0.2, 0) is 6.54 Å². The molecule has 2 nitrogen and oxygen atoms in total. The fraction of sp³-hybridized carbons (Fsp3) is 0.0556. The van der Waals surface area contributed by atoms with Crippen LogP contribution in [0.15, 0.2) is 73.6 Å². The zero-order valence-electron chi connectivity index (χ0n) is 11.2. The highest BCUT2D eigenvalue weighted by Crippen LogP contribution is 2.18. The molecule has 20 heavy (non-hydrogen) atoms. The van der Waals surface area contributed by atoms with E-state index in [0.717, 1.165) is 23.5 Å². The maximum absolute atomic E-state index is 4.46. The van der Waals surface area contributed by atoms with Gasteiger partial charge >= 0.3 is 0 Å². The Balaban J connectivity index is 1.88. The van der Waals surface area contributed by atoms with Gasteiger partial charge in [0.15, 0.2) is 0 Å². The maximum atomic E-state index is 4.46. The van der Waals surface area contributed by atoms with Crippen molar-refractivity contribution < 1.29 is 0 Å². The molecule has 0 spiro atoms. The predicted molar refractivity (Wildman–Crippen MR) is 83.3 cm³/mol. The summed E-state index contributed by atoms with van der Waals surface area (Å²) >= 11 is 0. The molecule has 1 heterocycles. The van der Waals surface area contributed by atoms with Gasteiger partial charge in [0.05, 0.1) is 0 Å². The molecule has 2 aromatic carbocycles. The number of hydrogen-bond donors (Lipinski definition) is 0. The van der Waals surface area contributed by atoms with E-state index in [1.807, 2.05) is 36.7 Å². The van der Waals surface area contributed by atoms with Gasteiger partial charge in [0.1, 0.15) is 5.82 Å². The summed E-state index contributed by atoms with van der Waals surface area (Å²) in [5.41, 5.74) is 3.54. The van der Waals surface area contributed by atoms with Crippen molar-refractivity contribution in [1.29, 1.82) is 0 Å². The van der Waals surface area contributed by atoms with Gasteiger partial charge in [0.2, 0.25) is 0 Å². The second-order valence-electron chi connectivity index (χ2n) is 4.69. The summed E-state index contributed by atoms with van der Waals surface area (Å²) in [5, 5.41) is 0. The van der Waals surface area contributed by atoms with Gasteiger partial charge in [0.25, 0.3) is 0 Å². The van der Waals surface area contributed by atoms with Crippen LogP contribution >= 0.6 is 0 Å². The normalized spacial score (nSPS) is 10.4. The van der Waals surface area contributed by atoms with Crippen LogP contribution < -0.4 is 0 Å². The fourth-order valence-electron chi connectivity index (χ4n) is 2.24. The Morgan fingerprint density at radius 2 is 1.75 bits per heavy atom. The molecule has 1 aromatic heterocycles. The number of hydrogen-bond acceptors (Lipinski definition) is 1. The van der Waals surface area contributed by atoms with Crippen molar-refractivity contribution in [2.24, 2.45) is 0 Å². The van der Waals surface area contributed by atoms with Gasteiger partial charge in [-0.3, -0.25) is 0 Å². The van der Waals surface area contributed by atoms with Crippen molar-refractivity contribution in [1.82, 2.24) is 9.55 Å². The number of imidazole rings is 1. The van der Waals surface area contributed by atoms with Gasteiger partial charge in [-0.2, -0.15) is 0 Å². The molecule has 0 aliphatic heterocycles. The third-order valence-electron chi connectivity index (χ3n) is 3.32. The molecule has 2 heteroatoms. The summed E-state index contributed by atoms with van der Waals surface area (Å²) in [6.45, 7) is 4.60. The zero-order valence-corrected chi connectivity index (χ0v) is 11.2. The minimum absolute atomic E-state index is 0.821. The van der Waals surface area contributed by atoms with Gasteiger partial charge in [0, 0.05) is 24.5 Å². The van der Waals surface area contributed by atoms with Crippen LogP contribution in [0.2, 0.25) is 0 Å². The molecule has 0 aliphatic rings. The lowest BCUT2D eigenvalue weighted by Gasteiger charge is -2.08. The molecule has 0 N–H and O–H groups in total. The van der Waals surface area contributed by atoms with E-state index in [1.54, 1.807) is 0 Å². The Bertz CT molecular complexity index is 694. The van der Waals surface area contributed by atoms with E-state index in [1.165, 1.54) is 5.56 Å². The first-order valence-electron chi connectivity index (χ1n) is 6.65. The molecule has 0 saturated carbocycles. The molecule has 0 radical (unpaired) electrons. The quantitative estimate of drug-likeness (QED) is 0.686. The highest BCUT2D eigenvalue weighted by Gasteiger charge is 2.05. The Labute approximate surface area is 119 Å². The van der Waals surface area contributed by atoms with Gasteiger partial charge < -0.3 is 4.57 Å². The standard InChI is InChI=1S/C18H16N2/c1-2-15-8-10-16(11-9-15)14-20-13-12-19-18(20)17-6-4-3-5-7-17/h2-13H,1,14H2. The fourth-order valence-corrected chi connectivity index (χ4v) is 2.24. The first kappa shape index (κ1) is 12.4. The van der Waals surface area contributed by atoms with Crippen LogP contribution in [0.5, 0.6) is 0 Å². The van der Waals surface area contributed by atoms with Crippen molar-refractivity contribution in [2.45, 2.75) is 6.54 Å². The van der Waals surface area contributed by atoms with E-state index in [4.69, 9.17) is 0 Å². The summed E-state index contributed by atoms with van der Waals surface area (Å²) in [6.07, 6.45) is 5.72. The van der Waals surface area contributed by atoms with Crippen molar-refractivity contribution in [3.05, 3.63) is 84.7 Å². The van der Waals surface area contributed by atoms with Crippen molar-refractivity contribution >= 4 is 6.08 Å². The van der Waals surface area contributed by atoms with E-state index in [0.29, 0.717) is 0 Å². The number of nitrogens with zero attached hydrogens (tertiary/aromatic N) is 2. The van der Waals surface area contributed by atoms with E-state index in [2.05, 4.69) is 52.5 Å². The first-order chi connectivity index (χ1) is 9.86. The third kappa shape index (κ3) is 2.54. The lowest BCUT2D eigenvalue weighted by Crippen LogP contribution is -2.00. The van der Waals surface area contributed by atoms with Gasteiger partial charge in [-0.15, -0.1) is 0 Å². The van der Waals surface area contributed by atoms with E-state index in [9.17, 15) is 0 Å². The smallest absolute Gasteiger partial charge is 0.140 e. The second-order valence-corrected chi connectivity index (χ2v) is 4.69. The highest BCUT2D eigenvalue weighted by atomic mass is 15.1. The summed E-state index contributed by atoms with van der Waals surface area (Å²) in [4.78, 5) is 4.46. The van der Waals surface area contributed by atoms with E-state index < -0.39 is 0 Å². The average Bonchev–Trinajstić information content (AvgIpc) is 2.97. The minimum atomic E-state index is 0.821. The molecule has 0 amide bonds. The molecule has 0 atom stereocenters. The Morgan fingerprint density at radius 3 is 2.45 bits per heavy atom. The van der Waals surface area contributed by atoms with Crippen LogP contribution in [0.25, 0.3) is 17.5 Å². The lowest BCUT2D eigenvalue weighted by atomic mass is 10.1. The van der Waals surface area contributed by atoms with Gasteiger partial charge in [-0.1, -0.05) is 67.3 Å². The van der Waals surface area contributed by atoms with Crippen molar-refractivity contribution in [2.75, 3.05) is 0 Å². The molecule has 0 unspecified atom stereocenters. The SMILES string of the molecule is C=Cc1ccc(Cn2ccnc2-c2ccccc2)cc1. The summed E-state index contributed by atoms with van der Waals surface area (Å²) < 4.78 is 2.16. The average molecular weight is 260 g/mol. The summed E-state index contributed by atoms with van der Waals surface area (Å²) in [6, 6.07) is 18.7. The molecular formula is C18H16N2. The first-order valence-corrected chi connectivity index (χ1v) is 6.65. The van der Waals surface area contributed by atoms with Gasteiger partial charge in [-0.05, 0) is 11.1 Å². The van der Waals surface area contributed by atoms with E-state index in [-0.39, 0.29) is 0 Å².